The summed E-state index contributed by atoms with van der Waals surface area (Å²) in [6.07, 6.45) is 1.62. The number of anilines is 1. The van der Waals surface area contributed by atoms with E-state index in [1.165, 1.54) is 18.2 Å². The van der Waals surface area contributed by atoms with E-state index >= 15 is 0 Å². The van der Waals surface area contributed by atoms with Crippen LogP contribution in [0.2, 0.25) is 0 Å². The van der Waals surface area contributed by atoms with E-state index in [1.54, 1.807) is 34.3 Å². The molecule has 1 amide bonds. The molecule has 0 aliphatic carbocycles. The summed E-state index contributed by atoms with van der Waals surface area (Å²) in [5, 5.41) is 8.92. The molecule has 1 N–H and O–H groups in total. The lowest BCUT2D eigenvalue weighted by atomic mass is 10.3. The first-order valence-electron chi connectivity index (χ1n) is 6.93. The van der Waals surface area contributed by atoms with E-state index in [9.17, 15) is 9.18 Å². The zero-order chi connectivity index (χ0) is 16.1. The summed E-state index contributed by atoms with van der Waals surface area (Å²) in [7, 11) is 0. The van der Waals surface area contributed by atoms with Gasteiger partial charge in [0.2, 0.25) is 0 Å². The molecule has 0 saturated heterocycles. The fraction of sp³-hybridized carbons (Fsp3) is 0.125. The molecular formula is C16H14FN3O2S. The molecule has 3 rings (SSSR count). The van der Waals surface area contributed by atoms with Gasteiger partial charge in [0, 0.05) is 17.0 Å². The Morgan fingerprint density at radius 2 is 2.22 bits per heavy atom. The normalized spacial score (nSPS) is 10.5. The van der Waals surface area contributed by atoms with Crippen LogP contribution in [-0.4, -0.2) is 22.3 Å². The van der Waals surface area contributed by atoms with Crippen LogP contribution in [0.15, 0.2) is 54.0 Å². The number of amides is 1. The second-order valence-corrected chi connectivity index (χ2v) is 5.78. The third kappa shape index (κ3) is 4.17. The number of aromatic nitrogens is 2. The zero-order valence-corrected chi connectivity index (χ0v) is 12.9. The lowest BCUT2D eigenvalue weighted by Gasteiger charge is -2.09. The summed E-state index contributed by atoms with van der Waals surface area (Å²) in [5.74, 6) is 0.164. The van der Waals surface area contributed by atoms with Crippen molar-refractivity contribution in [3.8, 4) is 5.75 Å². The minimum atomic E-state index is -0.406. The Hall–Kier alpha value is -2.67. The molecule has 0 spiro atoms. The van der Waals surface area contributed by atoms with Crippen LogP contribution < -0.4 is 10.1 Å². The topological polar surface area (TPSA) is 56.1 Å². The third-order valence-corrected chi connectivity index (χ3v) is 3.90. The molecule has 5 nitrogen and oxygen atoms in total. The fourth-order valence-electron chi connectivity index (χ4n) is 2.00. The maximum absolute atomic E-state index is 13.0. The number of benzene rings is 1. The summed E-state index contributed by atoms with van der Waals surface area (Å²) in [6.45, 7) is 0.388. The molecule has 1 aromatic carbocycles. The molecule has 0 atom stereocenters. The van der Waals surface area contributed by atoms with Crippen molar-refractivity contribution in [1.29, 1.82) is 0 Å². The van der Waals surface area contributed by atoms with Crippen molar-refractivity contribution in [3.05, 3.63) is 64.7 Å². The molecule has 0 fully saturated rings. The van der Waals surface area contributed by atoms with Crippen molar-refractivity contribution >= 4 is 23.1 Å². The first-order chi connectivity index (χ1) is 11.2. The molecule has 3 aromatic rings. The van der Waals surface area contributed by atoms with Gasteiger partial charge < -0.3 is 10.1 Å². The van der Waals surface area contributed by atoms with E-state index in [2.05, 4.69) is 10.4 Å². The van der Waals surface area contributed by atoms with Crippen LogP contribution >= 0.6 is 11.3 Å². The van der Waals surface area contributed by atoms with Crippen molar-refractivity contribution in [2.75, 3.05) is 11.9 Å². The zero-order valence-electron chi connectivity index (χ0n) is 12.1. The summed E-state index contributed by atoms with van der Waals surface area (Å²) in [6, 6.07) is 11.4. The van der Waals surface area contributed by atoms with Crippen LogP contribution in [0.5, 0.6) is 5.75 Å². The molecule has 2 heterocycles. The molecule has 23 heavy (non-hydrogen) atoms. The number of ether oxygens (including phenoxy) is 1. The quantitative estimate of drug-likeness (QED) is 0.755. The Kier molecular flexibility index (Phi) is 4.68. The lowest BCUT2D eigenvalue weighted by Crippen LogP contribution is -2.22. The van der Waals surface area contributed by atoms with Gasteiger partial charge in [-0.1, -0.05) is 12.1 Å². The lowest BCUT2D eigenvalue weighted by molar-refractivity contribution is -0.118. The number of carbonyl (C=O) groups is 1. The van der Waals surface area contributed by atoms with E-state index in [0.29, 0.717) is 18.1 Å². The highest BCUT2D eigenvalue weighted by Gasteiger charge is 2.09. The third-order valence-electron chi connectivity index (χ3n) is 3.04. The van der Waals surface area contributed by atoms with Gasteiger partial charge in [-0.25, -0.2) is 9.07 Å². The molecule has 0 aliphatic rings. The van der Waals surface area contributed by atoms with Crippen molar-refractivity contribution < 1.29 is 13.9 Å². The number of carbonyl (C=O) groups excluding carboxylic acids is 1. The van der Waals surface area contributed by atoms with Gasteiger partial charge in [-0.2, -0.15) is 5.10 Å². The van der Waals surface area contributed by atoms with E-state index in [0.717, 1.165) is 4.88 Å². The summed E-state index contributed by atoms with van der Waals surface area (Å²) < 4.78 is 20.0. The van der Waals surface area contributed by atoms with Gasteiger partial charge in [0.1, 0.15) is 17.4 Å². The van der Waals surface area contributed by atoms with E-state index in [-0.39, 0.29) is 12.5 Å². The standard InChI is InChI=1S/C16H14FN3O2S/c17-12-3-1-4-13(9-12)22-11-16(21)19-15-6-7-18-20(15)10-14-5-2-8-23-14/h1-9H,10-11H2,(H,19,21). The average Bonchev–Trinajstić information content (AvgIpc) is 3.19. The second kappa shape index (κ2) is 7.06. The summed E-state index contributed by atoms with van der Waals surface area (Å²) >= 11 is 1.62. The van der Waals surface area contributed by atoms with Gasteiger partial charge in [0.25, 0.3) is 5.91 Å². The van der Waals surface area contributed by atoms with Crippen molar-refractivity contribution in [2.45, 2.75) is 6.54 Å². The van der Waals surface area contributed by atoms with Gasteiger partial charge >= 0.3 is 0 Å². The van der Waals surface area contributed by atoms with Gasteiger partial charge in [0.15, 0.2) is 6.61 Å². The highest BCUT2D eigenvalue weighted by Crippen LogP contribution is 2.15. The monoisotopic (exact) mass is 331 g/mol. The highest BCUT2D eigenvalue weighted by atomic mass is 32.1. The van der Waals surface area contributed by atoms with Gasteiger partial charge in [-0.05, 0) is 23.6 Å². The Morgan fingerprint density at radius 3 is 3.00 bits per heavy atom. The molecule has 0 radical (unpaired) electrons. The Labute approximate surface area is 136 Å². The number of thiophene rings is 1. The first kappa shape index (κ1) is 15.2. The molecule has 2 aromatic heterocycles. The molecule has 0 aliphatic heterocycles. The summed E-state index contributed by atoms with van der Waals surface area (Å²) in [5.41, 5.74) is 0. The van der Waals surface area contributed by atoms with Crippen LogP contribution in [0.1, 0.15) is 4.88 Å². The van der Waals surface area contributed by atoms with E-state index in [4.69, 9.17) is 4.74 Å². The molecular weight excluding hydrogens is 317 g/mol. The van der Waals surface area contributed by atoms with Crippen LogP contribution in [0, 0.1) is 5.82 Å². The number of hydrogen-bond acceptors (Lipinski definition) is 4. The largest absolute Gasteiger partial charge is 0.484 e. The maximum Gasteiger partial charge on any atom is 0.263 e. The maximum atomic E-state index is 13.0. The smallest absolute Gasteiger partial charge is 0.263 e. The van der Waals surface area contributed by atoms with Crippen LogP contribution in [-0.2, 0) is 11.3 Å². The molecule has 0 saturated carbocycles. The van der Waals surface area contributed by atoms with Gasteiger partial charge in [-0.15, -0.1) is 11.3 Å². The van der Waals surface area contributed by atoms with Crippen molar-refractivity contribution in [2.24, 2.45) is 0 Å². The SMILES string of the molecule is O=C(COc1cccc(F)c1)Nc1ccnn1Cc1cccs1. The minimum absolute atomic E-state index is 0.201. The molecule has 0 bridgehead atoms. The van der Waals surface area contributed by atoms with Crippen LogP contribution in [0.25, 0.3) is 0 Å². The van der Waals surface area contributed by atoms with Crippen molar-refractivity contribution in [3.63, 3.8) is 0 Å². The molecule has 0 unspecified atom stereocenters. The number of nitrogens with one attached hydrogen (secondary N) is 1. The van der Waals surface area contributed by atoms with Crippen LogP contribution in [0.3, 0.4) is 0 Å². The van der Waals surface area contributed by atoms with Gasteiger partial charge in [-0.3, -0.25) is 4.79 Å². The Bertz CT molecular complexity index is 786. The minimum Gasteiger partial charge on any atom is -0.484 e. The first-order valence-corrected chi connectivity index (χ1v) is 7.81. The highest BCUT2D eigenvalue weighted by molar-refractivity contribution is 7.09. The molecule has 118 valence electrons. The number of hydrogen-bond donors (Lipinski definition) is 1. The number of rotatable bonds is 6. The predicted molar refractivity (Wildman–Crippen MR) is 86.2 cm³/mol. The van der Waals surface area contributed by atoms with E-state index < -0.39 is 5.82 Å². The van der Waals surface area contributed by atoms with Crippen molar-refractivity contribution in [1.82, 2.24) is 9.78 Å². The predicted octanol–water partition coefficient (Wildman–Crippen LogP) is 3.15. The van der Waals surface area contributed by atoms with Gasteiger partial charge in [0.05, 0.1) is 12.7 Å². The molecule has 7 heteroatoms. The number of halogens is 1. The fourth-order valence-corrected chi connectivity index (χ4v) is 2.69. The van der Waals surface area contributed by atoms with E-state index in [1.807, 2.05) is 17.5 Å². The summed E-state index contributed by atoms with van der Waals surface area (Å²) in [4.78, 5) is 13.1. The average molecular weight is 331 g/mol. The van der Waals surface area contributed by atoms with Crippen LogP contribution in [0.4, 0.5) is 10.2 Å². The number of nitrogens with zero attached hydrogens (tertiary/aromatic N) is 2. The second-order valence-electron chi connectivity index (χ2n) is 4.75. The Balaban J connectivity index is 1.57. The Morgan fingerprint density at radius 1 is 1.30 bits per heavy atom.